The number of fused-ring (bicyclic) bond motifs is 2. The molecule has 0 aliphatic carbocycles. The zero-order valence-corrected chi connectivity index (χ0v) is 25.2. The van der Waals surface area contributed by atoms with Gasteiger partial charge in [0.05, 0.1) is 12.1 Å². The van der Waals surface area contributed by atoms with Gasteiger partial charge in [0.15, 0.2) is 0 Å². The van der Waals surface area contributed by atoms with Gasteiger partial charge in [-0.2, -0.15) is 0 Å². The van der Waals surface area contributed by atoms with Crippen LogP contribution >= 0.6 is 12.4 Å². The summed E-state index contributed by atoms with van der Waals surface area (Å²) >= 11 is 0. The number of carbonyl (C=O) groups is 1. The van der Waals surface area contributed by atoms with Crippen LogP contribution in [0.2, 0.25) is 0 Å². The molecule has 0 bridgehead atoms. The zero-order valence-electron chi connectivity index (χ0n) is 24.4. The Morgan fingerprint density at radius 2 is 1.36 bits per heavy atom. The van der Waals surface area contributed by atoms with Crippen molar-refractivity contribution >= 4 is 18.5 Å². The van der Waals surface area contributed by atoms with E-state index in [1.165, 1.54) is 0 Å². The largest absolute Gasteiger partial charge is 0.491 e. The number of rotatable bonds is 5. The molecule has 0 fully saturated rings. The van der Waals surface area contributed by atoms with Gasteiger partial charge in [0.1, 0.15) is 53.2 Å². The molecule has 6 rings (SSSR count). The molecule has 1 amide bonds. The van der Waals surface area contributed by atoms with Crippen molar-refractivity contribution in [2.75, 3.05) is 13.2 Å². The highest BCUT2D eigenvalue weighted by atomic mass is 35.5. The van der Waals surface area contributed by atoms with E-state index in [0.29, 0.717) is 13.2 Å². The van der Waals surface area contributed by atoms with E-state index in [1.807, 2.05) is 83.1 Å². The van der Waals surface area contributed by atoms with E-state index in [1.54, 1.807) is 0 Å². The molecule has 2 aliphatic heterocycles. The molecule has 2 atom stereocenters. The Bertz CT molecular complexity index is 1530. The van der Waals surface area contributed by atoms with Crippen molar-refractivity contribution in [2.24, 2.45) is 5.73 Å². The quantitative estimate of drug-likeness (QED) is 0.226. The Kier molecular flexibility index (Phi) is 12.4. The highest BCUT2D eigenvalue weighted by Gasteiger charge is 2.28. The van der Waals surface area contributed by atoms with Crippen molar-refractivity contribution < 1.29 is 28.1 Å². The minimum atomic E-state index is -0.528. The number of aryl methyl sites for hydroxylation is 2. The standard InChI is InChI=1S/C18H22N2O4.C13H14N2O2.2CH4.ClH/c1-5-12-9-14(20-24-12)11-6-7-13-15(10-22-16(13)8-11)19-17(21)23-18(2,3)4;1-2-9-6-12(15-17-9)8-3-4-10-11(14)7-16-13(10)5-8;;;/h6-9,15H,5,10H2,1-4H3,(H,19,21);3-6,11H,2,7,14H2,1H3;2*1H4;1H/t15-;11-;;;/m11.../s1. The summed E-state index contributed by atoms with van der Waals surface area (Å²) in [4.78, 5) is 11.9. The minimum absolute atomic E-state index is 0. The zero-order chi connectivity index (χ0) is 29.1. The minimum Gasteiger partial charge on any atom is -0.491 e. The maximum Gasteiger partial charge on any atom is 0.408 e. The molecule has 2 aliphatic rings. The Morgan fingerprint density at radius 1 is 0.864 bits per heavy atom. The van der Waals surface area contributed by atoms with Crippen molar-refractivity contribution in [3.05, 3.63) is 71.2 Å². The van der Waals surface area contributed by atoms with Crippen LogP contribution in [-0.4, -0.2) is 35.2 Å². The van der Waals surface area contributed by atoms with E-state index in [4.69, 9.17) is 29.0 Å². The summed E-state index contributed by atoms with van der Waals surface area (Å²) in [6, 6.07) is 15.4. The van der Waals surface area contributed by atoms with Gasteiger partial charge in [0.2, 0.25) is 0 Å². The summed E-state index contributed by atoms with van der Waals surface area (Å²) in [5, 5.41) is 11.0. The molecule has 0 unspecified atom stereocenters. The van der Waals surface area contributed by atoms with Crippen LogP contribution in [0.25, 0.3) is 22.5 Å². The van der Waals surface area contributed by atoms with E-state index in [9.17, 15) is 4.79 Å². The average molecular weight is 629 g/mol. The van der Waals surface area contributed by atoms with Gasteiger partial charge in [-0.15, -0.1) is 12.4 Å². The molecule has 4 aromatic rings. The molecular weight excluding hydrogens is 584 g/mol. The number of halogens is 1. The van der Waals surface area contributed by atoms with Crippen LogP contribution in [0, 0.1) is 0 Å². The number of carbonyl (C=O) groups excluding carboxylic acids is 1. The van der Waals surface area contributed by atoms with Gasteiger partial charge in [-0.3, -0.25) is 0 Å². The maximum atomic E-state index is 11.9. The van der Waals surface area contributed by atoms with E-state index in [-0.39, 0.29) is 39.3 Å². The lowest BCUT2D eigenvalue weighted by Gasteiger charge is -2.21. The van der Waals surface area contributed by atoms with Crippen LogP contribution in [0.15, 0.2) is 57.6 Å². The molecule has 10 nitrogen and oxygen atoms in total. The maximum absolute atomic E-state index is 11.9. The molecule has 4 heterocycles. The van der Waals surface area contributed by atoms with Crippen LogP contribution in [-0.2, 0) is 17.6 Å². The summed E-state index contributed by atoms with van der Waals surface area (Å²) in [7, 11) is 0. The van der Waals surface area contributed by atoms with Crippen molar-refractivity contribution in [3.8, 4) is 34.0 Å². The second kappa shape index (κ2) is 15.1. The van der Waals surface area contributed by atoms with Crippen molar-refractivity contribution in [2.45, 2.75) is 80.0 Å². The fraction of sp³-hybridized carbons (Fsp3) is 0.424. The summed E-state index contributed by atoms with van der Waals surface area (Å²) in [6.45, 7) is 10.5. The number of nitrogens with zero attached hydrogens (tertiary/aromatic N) is 2. The molecule has 44 heavy (non-hydrogen) atoms. The van der Waals surface area contributed by atoms with Crippen molar-refractivity contribution in [3.63, 3.8) is 0 Å². The molecule has 0 saturated carbocycles. The van der Waals surface area contributed by atoms with Crippen LogP contribution in [0.5, 0.6) is 11.5 Å². The monoisotopic (exact) mass is 628 g/mol. The summed E-state index contributed by atoms with van der Waals surface area (Å²) < 4.78 is 27.0. The molecule has 240 valence electrons. The average Bonchev–Trinajstić information content (AvgIpc) is 3.75. The first-order valence-corrected chi connectivity index (χ1v) is 13.8. The SMILES string of the molecule is C.C.CCc1cc(-c2ccc3c(c2)OC[C@H]3N)no1.CCc1cc(-c2ccc3c(c2)OC[C@H]3NC(=O)OC(C)(C)C)no1.Cl. The van der Waals surface area contributed by atoms with E-state index in [0.717, 1.165) is 69.5 Å². The molecule has 2 aromatic heterocycles. The molecule has 3 N–H and O–H groups in total. The van der Waals surface area contributed by atoms with Gasteiger partial charge in [-0.05, 0) is 32.9 Å². The first-order valence-electron chi connectivity index (χ1n) is 13.8. The lowest BCUT2D eigenvalue weighted by molar-refractivity contribution is 0.0497. The molecule has 0 spiro atoms. The van der Waals surface area contributed by atoms with E-state index in [2.05, 4.69) is 15.6 Å². The lowest BCUT2D eigenvalue weighted by atomic mass is 10.0. The number of ether oxygens (including phenoxy) is 3. The number of hydrogen-bond donors (Lipinski definition) is 2. The van der Waals surface area contributed by atoms with Gasteiger partial charge < -0.3 is 34.3 Å². The number of benzene rings is 2. The predicted molar refractivity (Wildman–Crippen MR) is 173 cm³/mol. The third-order valence-corrected chi connectivity index (χ3v) is 6.72. The fourth-order valence-electron chi connectivity index (χ4n) is 4.56. The summed E-state index contributed by atoms with van der Waals surface area (Å²) in [6.07, 6.45) is 1.20. The second-order valence-electron chi connectivity index (χ2n) is 11.0. The molecule has 0 radical (unpaired) electrons. The van der Waals surface area contributed by atoms with Crippen LogP contribution < -0.4 is 20.5 Å². The van der Waals surface area contributed by atoms with Crippen LogP contribution in [0.1, 0.15) is 84.2 Å². The summed E-state index contributed by atoms with van der Waals surface area (Å²) in [5.41, 5.74) is 10.9. The molecular formula is C33H45ClN4O6. The van der Waals surface area contributed by atoms with E-state index >= 15 is 0 Å². The molecule has 0 saturated heterocycles. The Labute approximate surface area is 266 Å². The van der Waals surface area contributed by atoms with Crippen molar-refractivity contribution in [1.82, 2.24) is 15.6 Å². The number of alkyl carbamates (subject to hydrolysis) is 1. The highest BCUT2D eigenvalue weighted by Crippen LogP contribution is 2.36. The Morgan fingerprint density at radius 3 is 1.86 bits per heavy atom. The van der Waals surface area contributed by atoms with Gasteiger partial charge in [-0.25, -0.2) is 4.79 Å². The Hall–Kier alpha value is -4.02. The third-order valence-electron chi connectivity index (χ3n) is 6.72. The highest BCUT2D eigenvalue weighted by molar-refractivity contribution is 5.85. The second-order valence-corrected chi connectivity index (χ2v) is 11.0. The van der Waals surface area contributed by atoms with Crippen molar-refractivity contribution in [1.29, 1.82) is 0 Å². The number of aromatic nitrogens is 2. The van der Waals surface area contributed by atoms with Crippen LogP contribution in [0.4, 0.5) is 4.79 Å². The van der Waals surface area contributed by atoms with Gasteiger partial charge in [0.25, 0.3) is 0 Å². The number of hydrogen-bond acceptors (Lipinski definition) is 9. The fourth-order valence-corrected chi connectivity index (χ4v) is 4.56. The summed E-state index contributed by atoms with van der Waals surface area (Å²) in [5.74, 6) is 3.33. The number of amides is 1. The van der Waals surface area contributed by atoms with Gasteiger partial charge in [0, 0.05) is 47.2 Å². The first-order chi connectivity index (χ1) is 19.6. The van der Waals surface area contributed by atoms with Gasteiger partial charge in [-0.1, -0.05) is 63.3 Å². The van der Waals surface area contributed by atoms with E-state index < -0.39 is 11.7 Å². The number of nitrogens with two attached hydrogens (primary N) is 1. The Balaban J connectivity index is 0.000000301. The predicted octanol–water partition coefficient (Wildman–Crippen LogP) is 7.85. The van der Waals surface area contributed by atoms with Crippen LogP contribution in [0.3, 0.4) is 0 Å². The third kappa shape index (κ3) is 8.33. The normalized spacial score (nSPS) is 15.9. The smallest absolute Gasteiger partial charge is 0.408 e. The first kappa shape index (κ1) is 36.2. The topological polar surface area (TPSA) is 135 Å². The lowest BCUT2D eigenvalue weighted by Crippen LogP contribution is -2.35. The molecule has 11 heteroatoms. The van der Waals surface area contributed by atoms with Gasteiger partial charge >= 0.3 is 6.09 Å². The molecule has 2 aromatic carbocycles. The number of nitrogens with one attached hydrogen (secondary N) is 1.